The fourth-order valence-electron chi connectivity index (χ4n) is 3.82. The highest BCUT2D eigenvalue weighted by Crippen LogP contribution is 2.26. The summed E-state index contributed by atoms with van der Waals surface area (Å²) in [5.41, 5.74) is 1.53. The molecule has 0 unspecified atom stereocenters. The van der Waals surface area contributed by atoms with Gasteiger partial charge in [-0.05, 0) is 26.0 Å². The Labute approximate surface area is 186 Å². The number of hydrogen-bond donors (Lipinski definition) is 1. The minimum Gasteiger partial charge on any atom is -0.493 e. The number of aromatic nitrogens is 3. The van der Waals surface area contributed by atoms with Gasteiger partial charge in [-0.15, -0.1) is 0 Å². The summed E-state index contributed by atoms with van der Waals surface area (Å²) in [6, 6.07) is 7.43. The van der Waals surface area contributed by atoms with Gasteiger partial charge in [-0.25, -0.2) is 0 Å². The van der Waals surface area contributed by atoms with Crippen LogP contribution in [0.25, 0.3) is 11.4 Å². The van der Waals surface area contributed by atoms with E-state index >= 15 is 0 Å². The average Bonchev–Trinajstić information content (AvgIpc) is 3.39. The highest BCUT2D eigenvalue weighted by molar-refractivity contribution is 5.59. The highest BCUT2D eigenvalue weighted by Gasteiger charge is 2.23. The molecule has 172 valence electrons. The lowest BCUT2D eigenvalue weighted by Gasteiger charge is -2.34. The summed E-state index contributed by atoms with van der Waals surface area (Å²) in [7, 11) is 1.60. The highest BCUT2D eigenvalue weighted by atomic mass is 16.5. The first-order valence-electron chi connectivity index (χ1n) is 10.7. The molecular weight excluding hydrogens is 414 g/mol. The number of ether oxygens (including phenoxy) is 2. The summed E-state index contributed by atoms with van der Waals surface area (Å²) in [6.07, 6.45) is -0.583. The number of aryl methyl sites for hydroxylation is 2. The average molecular weight is 444 g/mol. The van der Waals surface area contributed by atoms with Gasteiger partial charge in [0.05, 0.1) is 24.9 Å². The molecule has 0 aliphatic carbocycles. The monoisotopic (exact) mass is 443 g/mol. The zero-order chi connectivity index (χ0) is 22.5. The van der Waals surface area contributed by atoms with E-state index in [1.54, 1.807) is 7.11 Å². The number of β-amino-alcohol motifs (C(OH)–C–C–N with tert-alkyl or cyclic N) is 1. The minimum absolute atomic E-state index is 0.215. The Morgan fingerprint density at radius 3 is 2.44 bits per heavy atom. The molecule has 1 aliphatic heterocycles. The number of piperazine rings is 1. The molecule has 1 N–H and O–H groups in total. The van der Waals surface area contributed by atoms with Crippen molar-refractivity contribution >= 4 is 0 Å². The second-order valence-electron chi connectivity index (χ2n) is 7.90. The smallest absolute Gasteiger partial charge is 0.241 e. The number of para-hydroxylation sites is 2. The molecule has 1 fully saturated rings. The molecule has 1 aliphatic rings. The van der Waals surface area contributed by atoms with Crippen LogP contribution in [0.3, 0.4) is 0 Å². The zero-order valence-electron chi connectivity index (χ0n) is 18.7. The van der Waals surface area contributed by atoms with Gasteiger partial charge in [-0.3, -0.25) is 9.80 Å². The normalized spacial score (nSPS) is 16.2. The van der Waals surface area contributed by atoms with Crippen molar-refractivity contribution in [3.63, 3.8) is 0 Å². The quantitative estimate of drug-likeness (QED) is 0.526. The van der Waals surface area contributed by atoms with Crippen molar-refractivity contribution in [1.29, 1.82) is 0 Å². The SMILES string of the molecule is COc1ccccc1OC[C@@H](O)CN1CCN(Cc2nc(-c3c(C)noc3C)no2)CC1. The van der Waals surface area contributed by atoms with Gasteiger partial charge in [0.15, 0.2) is 11.5 Å². The molecule has 10 nitrogen and oxygen atoms in total. The summed E-state index contributed by atoms with van der Waals surface area (Å²) in [6.45, 7) is 8.44. The van der Waals surface area contributed by atoms with Crippen LogP contribution in [0.2, 0.25) is 0 Å². The van der Waals surface area contributed by atoms with E-state index in [-0.39, 0.29) is 6.61 Å². The molecule has 1 aromatic carbocycles. The number of methoxy groups -OCH3 is 1. The predicted octanol–water partition coefficient (Wildman–Crippen LogP) is 1.91. The Morgan fingerprint density at radius 1 is 1.03 bits per heavy atom. The summed E-state index contributed by atoms with van der Waals surface area (Å²) in [5.74, 6) is 3.05. The molecule has 0 amide bonds. The number of nitrogens with zero attached hydrogens (tertiary/aromatic N) is 5. The number of benzene rings is 1. The van der Waals surface area contributed by atoms with Crippen LogP contribution in [0.1, 0.15) is 17.3 Å². The summed E-state index contributed by atoms with van der Waals surface area (Å²) in [5, 5.41) is 18.4. The molecule has 0 bridgehead atoms. The van der Waals surface area contributed by atoms with Crippen molar-refractivity contribution < 1.29 is 23.6 Å². The Bertz CT molecular complexity index is 992. The van der Waals surface area contributed by atoms with E-state index in [1.165, 1.54) is 0 Å². The van der Waals surface area contributed by atoms with Gasteiger partial charge in [0.25, 0.3) is 0 Å². The lowest BCUT2D eigenvalue weighted by molar-refractivity contribution is 0.0421. The molecule has 4 rings (SSSR count). The Balaban J connectivity index is 1.22. The molecule has 10 heteroatoms. The van der Waals surface area contributed by atoms with Crippen molar-refractivity contribution in [2.75, 3.05) is 46.4 Å². The molecule has 3 aromatic rings. The van der Waals surface area contributed by atoms with Crippen LogP contribution in [-0.2, 0) is 6.54 Å². The first kappa shape index (κ1) is 22.3. The molecule has 0 radical (unpaired) electrons. The fraction of sp³-hybridized carbons (Fsp3) is 0.500. The summed E-state index contributed by atoms with van der Waals surface area (Å²) in [4.78, 5) is 9.00. The molecule has 0 saturated carbocycles. The van der Waals surface area contributed by atoms with E-state index in [9.17, 15) is 5.11 Å². The van der Waals surface area contributed by atoms with Gasteiger partial charge < -0.3 is 23.6 Å². The van der Waals surface area contributed by atoms with Crippen LogP contribution in [0.4, 0.5) is 0 Å². The number of hydrogen-bond acceptors (Lipinski definition) is 10. The first-order valence-corrected chi connectivity index (χ1v) is 10.7. The standard InChI is InChI=1S/C22H29N5O5/c1-15-21(16(2)31-24-15)22-23-20(32-25-22)13-27-10-8-26(9-11-27)12-17(28)14-30-19-7-5-4-6-18(19)29-3/h4-7,17,28H,8-14H2,1-3H3/t17-/m0/s1. The van der Waals surface area contributed by atoms with Crippen LogP contribution in [0.15, 0.2) is 33.3 Å². The molecule has 2 aromatic heterocycles. The van der Waals surface area contributed by atoms with E-state index < -0.39 is 6.10 Å². The fourth-order valence-corrected chi connectivity index (χ4v) is 3.82. The van der Waals surface area contributed by atoms with Gasteiger partial charge in [0.2, 0.25) is 11.7 Å². The maximum Gasteiger partial charge on any atom is 0.241 e. The van der Waals surface area contributed by atoms with Crippen LogP contribution in [-0.4, -0.2) is 82.7 Å². The largest absolute Gasteiger partial charge is 0.493 e. The topological polar surface area (TPSA) is 110 Å². The second kappa shape index (κ2) is 10.1. The third-order valence-electron chi connectivity index (χ3n) is 5.52. The molecule has 1 saturated heterocycles. The van der Waals surface area contributed by atoms with E-state index in [1.807, 2.05) is 38.1 Å². The van der Waals surface area contributed by atoms with Crippen molar-refractivity contribution in [1.82, 2.24) is 25.1 Å². The van der Waals surface area contributed by atoms with Crippen molar-refractivity contribution in [3.8, 4) is 22.9 Å². The van der Waals surface area contributed by atoms with Crippen LogP contribution >= 0.6 is 0 Å². The van der Waals surface area contributed by atoms with Crippen molar-refractivity contribution in [3.05, 3.63) is 41.6 Å². The van der Waals surface area contributed by atoms with Crippen LogP contribution < -0.4 is 9.47 Å². The third kappa shape index (κ3) is 5.26. The number of rotatable bonds is 9. The molecule has 3 heterocycles. The van der Waals surface area contributed by atoms with E-state index in [4.69, 9.17) is 18.5 Å². The summed E-state index contributed by atoms with van der Waals surface area (Å²) < 4.78 is 21.6. The lowest BCUT2D eigenvalue weighted by Crippen LogP contribution is -2.48. The van der Waals surface area contributed by atoms with Crippen molar-refractivity contribution in [2.24, 2.45) is 0 Å². The summed E-state index contributed by atoms with van der Waals surface area (Å²) >= 11 is 0. The Morgan fingerprint density at radius 2 is 1.75 bits per heavy atom. The number of aliphatic hydroxyl groups is 1. The maximum atomic E-state index is 10.4. The molecular formula is C22H29N5O5. The van der Waals surface area contributed by atoms with Gasteiger partial charge in [0.1, 0.15) is 18.5 Å². The second-order valence-corrected chi connectivity index (χ2v) is 7.90. The lowest BCUT2D eigenvalue weighted by atomic mass is 10.2. The molecule has 32 heavy (non-hydrogen) atoms. The Kier molecular flexibility index (Phi) is 7.03. The minimum atomic E-state index is -0.583. The maximum absolute atomic E-state index is 10.4. The van der Waals surface area contributed by atoms with Crippen LogP contribution in [0, 0.1) is 13.8 Å². The van der Waals surface area contributed by atoms with E-state index in [0.29, 0.717) is 42.1 Å². The van der Waals surface area contributed by atoms with Gasteiger partial charge in [-0.1, -0.05) is 22.4 Å². The predicted molar refractivity (Wildman–Crippen MR) is 115 cm³/mol. The van der Waals surface area contributed by atoms with E-state index in [2.05, 4.69) is 25.1 Å². The molecule has 0 spiro atoms. The zero-order valence-corrected chi connectivity index (χ0v) is 18.7. The van der Waals surface area contributed by atoms with Gasteiger partial charge in [-0.2, -0.15) is 4.98 Å². The van der Waals surface area contributed by atoms with E-state index in [0.717, 1.165) is 37.4 Å². The van der Waals surface area contributed by atoms with Gasteiger partial charge in [0, 0.05) is 32.7 Å². The van der Waals surface area contributed by atoms with Gasteiger partial charge >= 0.3 is 0 Å². The third-order valence-corrected chi connectivity index (χ3v) is 5.52. The first-order chi connectivity index (χ1) is 15.5. The number of aliphatic hydroxyl groups excluding tert-OH is 1. The van der Waals surface area contributed by atoms with Crippen LogP contribution in [0.5, 0.6) is 11.5 Å². The molecule has 1 atom stereocenters. The van der Waals surface area contributed by atoms with Crippen molar-refractivity contribution in [2.45, 2.75) is 26.5 Å². The Hall–Kier alpha value is -2.95.